The minimum absolute atomic E-state index is 0.0171. The summed E-state index contributed by atoms with van der Waals surface area (Å²) in [5, 5.41) is 13.4. The third kappa shape index (κ3) is 4.57. The fourth-order valence-electron chi connectivity index (χ4n) is 5.78. The monoisotopic (exact) mass is 420 g/mol. The van der Waals surface area contributed by atoms with Crippen LogP contribution in [0.25, 0.3) is 6.08 Å². The summed E-state index contributed by atoms with van der Waals surface area (Å²) in [6, 6.07) is 9.82. The van der Waals surface area contributed by atoms with Crippen molar-refractivity contribution in [3.05, 3.63) is 60.1 Å². The highest BCUT2D eigenvalue weighted by Gasteiger charge is 2.48. The summed E-state index contributed by atoms with van der Waals surface area (Å²) in [4.78, 5) is 15.2. The van der Waals surface area contributed by atoms with E-state index < -0.39 is 0 Å². The molecule has 0 radical (unpaired) electrons. The van der Waals surface area contributed by atoms with Gasteiger partial charge in [0.15, 0.2) is 0 Å². The third-order valence-electron chi connectivity index (χ3n) is 7.56. The number of carbonyl (C=O) groups excluding carboxylic acids is 1. The minimum atomic E-state index is -0.0538. The second kappa shape index (κ2) is 8.54. The van der Waals surface area contributed by atoms with Crippen molar-refractivity contribution in [3.8, 4) is 5.75 Å². The van der Waals surface area contributed by atoms with Gasteiger partial charge in [0.25, 0.3) is 0 Å². The van der Waals surface area contributed by atoms with Gasteiger partial charge in [-0.1, -0.05) is 12.1 Å². The van der Waals surface area contributed by atoms with Crippen molar-refractivity contribution in [2.45, 2.75) is 50.0 Å². The van der Waals surface area contributed by atoms with Crippen LogP contribution in [-0.2, 0) is 10.2 Å². The fourth-order valence-corrected chi connectivity index (χ4v) is 5.78. The van der Waals surface area contributed by atoms with Crippen molar-refractivity contribution in [2.24, 2.45) is 11.8 Å². The average molecular weight is 421 g/mol. The SMILES string of the molecule is O=C(/C=C/c1ccoc1)N[C@H]1CC[C@@H]2CN(CC3CC3)CC[C@@]2(c2cccc(O)c2)C1. The Hall–Kier alpha value is -2.53. The molecule has 2 N–H and O–H groups in total. The van der Waals surface area contributed by atoms with Gasteiger partial charge in [-0.05, 0) is 86.7 Å². The molecule has 1 amide bonds. The number of rotatable bonds is 6. The Balaban J connectivity index is 1.32. The van der Waals surface area contributed by atoms with Gasteiger partial charge < -0.3 is 19.7 Å². The van der Waals surface area contributed by atoms with Gasteiger partial charge in [-0.15, -0.1) is 0 Å². The zero-order chi connectivity index (χ0) is 21.3. The van der Waals surface area contributed by atoms with Crippen LogP contribution in [0, 0.1) is 11.8 Å². The molecule has 1 saturated heterocycles. The van der Waals surface area contributed by atoms with Gasteiger partial charge in [-0.3, -0.25) is 4.79 Å². The van der Waals surface area contributed by atoms with Gasteiger partial charge in [0.05, 0.1) is 12.5 Å². The molecule has 1 aromatic carbocycles. The molecule has 31 heavy (non-hydrogen) atoms. The number of phenolic OH excluding ortho intramolecular Hbond substituents is 1. The molecule has 2 heterocycles. The van der Waals surface area contributed by atoms with Gasteiger partial charge in [-0.25, -0.2) is 0 Å². The lowest BCUT2D eigenvalue weighted by Gasteiger charge is -2.53. The maximum atomic E-state index is 12.6. The summed E-state index contributed by atoms with van der Waals surface area (Å²) in [5.41, 5.74) is 2.14. The first kappa shape index (κ1) is 20.4. The number of hydrogen-bond acceptors (Lipinski definition) is 4. The van der Waals surface area contributed by atoms with Crippen LogP contribution in [0.1, 0.15) is 49.7 Å². The number of hydrogen-bond donors (Lipinski definition) is 2. The fraction of sp³-hybridized carbons (Fsp3) is 0.500. The summed E-state index contributed by atoms with van der Waals surface area (Å²) < 4.78 is 5.06. The van der Waals surface area contributed by atoms with E-state index in [0.717, 1.165) is 50.3 Å². The number of amides is 1. The highest BCUT2D eigenvalue weighted by molar-refractivity contribution is 5.91. The molecule has 5 nitrogen and oxygen atoms in total. The van der Waals surface area contributed by atoms with Crippen LogP contribution in [-0.4, -0.2) is 41.6 Å². The molecule has 1 aromatic heterocycles. The first-order chi connectivity index (χ1) is 15.1. The zero-order valence-electron chi connectivity index (χ0n) is 18.0. The van der Waals surface area contributed by atoms with Crippen LogP contribution in [0.5, 0.6) is 5.75 Å². The van der Waals surface area contributed by atoms with Crippen molar-refractivity contribution < 1.29 is 14.3 Å². The van der Waals surface area contributed by atoms with Crippen LogP contribution in [0.3, 0.4) is 0 Å². The van der Waals surface area contributed by atoms with Crippen molar-refractivity contribution in [3.63, 3.8) is 0 Å². The van der Waals surface area contributed by atoms with Crippen LogP contribution in [0.2, 0.25) is 0 Å². The molecule has 3 fully saturated rings. The molecule has 164 valence electrons. The highest BCUT2D eigenvalue weighted by Crippen LogP contribution is 2.50. The number of carbonyl (C=O) groups is 1. The predicted octanol–water partition coefficient (Wildman–Crippen LogP) is 4.34. The second-order valence-electron chi connectivity index (χ2n) is 9.73. The van der Waals surface area contributed by atoms with E-state index in [1.807, 2.05) is 18.2 Å². The van der Waals surface area contributed by atoms with E-state index in [4.69, 9.17) is 4.42 Å². The highest BCUT2D eigenvalue weighted by atomic mass is 16.3. The smallest absolute Gasteiger partial charge is 0.244 e. The molecular weight excluding hydrogens is 388 g/mol. The van der Waals surface area contributed by atoms with Crippen molar-refractivity contribution in [2.75, 3.05) is 19.6 Å². The zero-order valence-corrected chi connectivity index (χ0v) is 18.0. The maximum Gasteiger partial charge on any atom is 0.244 e. The molecule has 0 unspecified atom stereocenters. The quantitative estimate of drug-likeness (QED) is 0.683. The van der Waals surface area contributed by atoms with Gasteiger partial charge in [-0.2, -0.15) is 0 Å². The molecule has 1 aliphatic heterocycles. The van der Waals surface area contributed by atoms with E-state index in [1.165, 1.54) is 24.9 Å². The summed E-state index contributed by atoms with van der Waals surface area (Å²) in [6.45, 7) is 3.47. The molecular formula is C26H32N2O3. The number of likely N-dealkylation sites (tertiary alicyclic amines) is 1. The van der Waals surface area contributed by atoms with E-state index in [-0.39, 0.29) is 17.4 Å². The molecule has 3 atom stereocenters. The molecule has 2 aliphatic carbocycles. The standard InChI is InChI=1S/C26H32N2O3/c29-24-3-1-2-21(14-24)26-11-12-28(16-19-4-5-19)17-22(26)7-8-23(15-26)27-25(30)9-6-20-10-13-31-18-20/h1-3,6,9-10,13-14,18-19,22-23,29H,4-5,7-8,11-12,15-17H2,(H,27,30)/b9-6+/t22-,23+,26+/m1/s1. The van der Waals surface area contributed by atoms with Crippen molar-refractivity contribution >= 4 is 12.0 Å². The van der Waals surface area contributed by atoms with E-state index in [1.54, 1.807) is 30.7 Å². The molecule has 2 aromatic rings. The third-order valence-corrected chi connectivity index (χ3v) is 7.56. The summed E-state index contributed by atoms with van der Waals surface area (Å²) in [7, 11) is 0. The summed E-state index contributed by atoms with van der Waals surface area (Å²) in [5.74, 6) is 1.75. The maximum absolute atomic E-state index is 12.6. The summed E-state index contributed by atoms with van der Waals surface area (Å²) >= 11 is 0. The lowest BCUT2D eigenvalue weighted by atomic mass is 9.58. The largest absolute Gasteiger partial charge is 0.508 e. The Morgan fingerprint density at radius 1 is 1.26 bits per heavy atom. The van der Waals surface area contributed by atoms with E-state index in [9.17, 15) is 9.90 Å². The Bertz CT molecular complexity index is 934. The van der Waals surface area contributed by atoms with Gasteiger partial charge in [0.2, 0.25) is 5.91 Å². The first-order valence-corrected chi connectivity index (χ1v) is 11.6. The van der Waals surface area contributed by atoms with Crippen molar-refractivity contribution in [1.29, 1.82) is 0 Å². The number of benzene rings is 1. The molecule has 0 spiro atoms. The topological polar surface area (TPSA) is 65.7 Å². The Labute approximate surface area is 184 Å². The lowest BCUT2D eigenvalue weighted by molar-refractivity contribution is -0.117. The first-order valence-electron chi connectivity index (χ1n) is 11.6. The number of piperidine rings is 1. The Morgan fingerprint density at radius 3 is 2.94 bits per heavy atom. The molecule has 0 bridgehead atoms. The average Bonchev–Trinajstić information content (AvgIpc) is 3.42. The van der Waals surface area contributed by atoms with Crippen LogP contribution < -0.4 is 5.32 Å². The van der Waals surface area contributed by atoms with Crippen molar-refractivity contribution in [1.82, 2.24) is 10.2 Å². The van der Waals surface area contributed by atoms with Gasteiger partial charge >= 0.3 is 0 Å². The van der Waals surface area contributed by atoms with Gasteiger partial charge in [0.1, 0.15) is 5.75 Å². The molecule has 2 saturated carbocycles. The Morgan fingerprint density at radius 2 is 2.16 bits per heavy atom. The molecule has 5 rings (SSSR count). The number of fused-ring (bicyclic) bond motifs is 1. The van der Waals surface area contributed by atoms with Gasteiger partial charge in [0, 0.05) is 36.2 Å². The molecule has 3 aliphatic rings. The number of aromatic hydroxyl groups is 1. The van der Waals surface area contributed by atoms with E-state index in [2.05, 4.69) is 16.3 Å². The normalized spacial score (nSPS) is 29.0. The number of nitrogens with one attached hydrogen (secondary N) is 1. The van der Waals surface area contributed by atoms with Crippen LogP contribution in [0.4, 0.5) is 0 Å². The molecule has 5 heteroatoms. The number of phenols is 1. The second-order valence-corrected chi connectivity index (χ2v) is 9.73. The predicted molar refractivity (Wildman–Crippen MR) is 121 cm³/mol. The minimum Gasteiger partial charge on any atom is -0.508 e. The number of furan rings is 1. The van der Waals surface area contributed by atoms with Crippen LogP contribution >= 0.6 is 0 Å². The number of nitrogens with zero attached hydrogens (tertiary/aromatic N) is 1. The lowest BCUT2D eigenvalue weighted by Crippen LogP contribution is -2.56. The summed E-state index contributed by atoms with van der Waals surface area (Å²) in [6.07, 6.45) is 13.5. The van der Waals surface area contributed by atoms with Crippen LogP contribution in [0.15, 0.2) is 53.4 Å². The Kier molecular flexibility index (Phi) is 5.61. The van der Waals surface area contributed by atoms with E-state index in [0.29, 0.717) is 11.7 Å². The van der Waals surface area contributed by atoms with E-state index >= 15 is 0 Å².